The van der Waals surface area contributed by atoms with Crippen molar-refractivity contribution >= 4 is 5.91 Å². The van der Waals surface area contributed by atoms with Crippen molar-refractivity contribution in [2.45, 2.75) is 76.7 Å². The number of hydrogen-bond acceptors (Lipinski definition) is 4. The van der Waals surface area contributed by atoms with E-state index in [0.29, 0.717) is 12.1 Å². The second-order valence-electron chi connectivity index (χ2n) is 11.2. The Morgan fingerprint density at radius 1 is 1.16 bits per heavy atom. The van der Waals surface area contributed by atoms with Crippen LogP contribution in [0.2, 0.25) is 0 Å². The standard InChI is InChI=1S/C29H36F3N3O2/c1-28(13-14-28)23-18-35(27(36)20-11-7-4-8-12-20)25(19-9-5-3-6-10-19)24(23)33-16-21-15-22(29(30,31)32)17-34-26(21)37-2/h3,5-6,9-10,15,17,20,23-25,33H,4,7-8,11-14,16,18H2,1-2H3. The molecule has 1 N–H and O–H groups in total. The summed E-state index contributed by atoms with van der Waals surface area (Å²) in [5, 5.41) is 3.60. The minimum atomic E-state index is -4.48. The lowest BCUT2D eigenvalue weighted by Gasteiger charge is -2.33. The molecule has 0 radical (unpaired) electrons. The number of hydrogen-bond donors (Lipinski definition) is 1. The molecule has 3 atom stereocenters. The van der Waals surface area contributed by atoms with Crippen molar-refractivity contribution < 1.29 is 22.7 Å². The first-order valence-corrected chi connectivity index (χ1v) is 13.4. The molecule has 3 unspecified atom stereocenters. The predicted molar refractivity (Wildman–Crippen MR) is 135 cm³/mol. The van der Waals surface area contributed by atoms with Gasteiger partial charge >= 0.3 is 6.18 Å². The highest BCUT2D eigenvalue weighted by Crippen LogP contribution is 2.57. The smallest absolute Gasteiger partial charge is 0.417 e. The van der Waals surface area contributed by atoms with E-state index >= 15 is 0 Å². The molecule has 2 aliphatic carbocycles. The Morgan fingerprint density at radius 3 is 2.49 bits per heavy atom. The number of likely N-dealkylation sites (tertiary alicyclic amines) is 1. The Morgan fingerprint density at radius 2 is 1.86 bits per heavy atom. The van der Waals surface area contributed by atoms with Gasteiger partial charge in [-0.05, 0) is 48.6 Å². The van der Waals surface area contributed by atoms with Gasteiger partial charge in [0.2, 0.25) is 11.8 Å². The minimum Gasteiger partial charge on any atom is -0.481 e. The number of methoxy groups -OCH3 is 1. The van der Waals surface area contributed by atoms with Crippen molar-refractivity contribution in [3.63, 3.8) is 0 Å². The number of carbonyl (C=O) groups is 1. The van der Waals surface area contributed by atoms with E-state index in [9.17, 15) is 18.0 Å². The summed E-state index contributed by atoms with van der Waals surface area (Å²) < 4.78 is 45.6. The van der Waals surface area contributed by atoms with Crippen LogP contribution in [0.15, 0.2) is 42.6 Å². The summed E-state index contributed by atoms with van der Waals surface area (Å²) in [5.41, 5.74) is 0.740. The highest BCUT2D eigenvalue weighted by Gasteiger charge is 2.56. The van der Waals surface area contributed by atoms with Crippen molar-refractivity contribution in [1.82, 2.24) is 15.2 Å². The number of amides is 1. The van der Waals surface area contributed by atoms with Gasteiger partial charge in [-0.3, -0.25) is 4.79 Å². The van der Waals surface area contributed by atoms with Crippen LogP contribution in [0.5, 0.6) is 5.88 Å². The van der Waals surface area contributed by atoms with Crippen LogP contribution in [0.4, 0.5) is 13.2 Å². The lowest BCUT2D eigenvalue weighted by Crippen LogP contribution is -2.42. The number of carbonyl (C=O) groups excluding carboxylic acids is 1. The van der Waals surface area contributed by atoms with Crippen molar-refractivity contribution in [3.8, 4) is 5.88 Å². The molecule has 3 aliphatic rings. The molecule has 2 saturated carbocycles. The summed E-state index contributed by atoms with van der Waals surface area (Å²) >= 11 is 0. The second-order valence-corrected chi connectivity index (χ2v) is 11.2. The first kappa shape index (κ1) is 26.0. The van der Waals surface area contributed by atoms with E-state index in [4.69, 9.17) is 4.74 Å². The normalized spacial score (nSPS) is 25.8. The monoisotopic (exact) mass is 515 g/mol. The molecule has 1 aliphatic heterocycles. The van der Waals surface area contributed by atoms with Crippen LogP contribution < -0.4 is 10.1 Å². The largest absolute Gasteiger partial charge is 0.481 e. The molecule has 1 aromatic heterocycles. The zero-order valence-corrected chi connectivity index (χ0v) is 21.6. The number of ether oxygens (including phenoxy) is 1. The van der Waals surface area contributed by atoms with Gasteiger partial charge in [0.15, 0.2) is 0 Å². The zero-order chi connectivity index (χ0) is 26.2. The van der Waals surface area contributed by atoms with Crippen molar-refractivity contribution in [3.05, 3.63) is 59.3 Å². The van der Waals surface area contributed by atoms with E-state index in [1.54, 1.807) is 0 Å². The van der Waals surface area contributed by atoms with Crippen LogP contribution in [0.1, 0.15) is 74.6 Å². The van der Waals surface area contributed by atoms with Gasteiger partial charge in [-0.1, -0.05) is 56.5 Å². The van der Waals surface area contributed by atoms with Gasteiger partial charge in [0.1, 0.15) is 0 Å². The van der Waals surface area contributed by atoms with Gasteiger partial charge in [-0.2, -0.15) is 13.2 Å². The molecule has 1 saturated heterocycles. The molecule has 0 bridgehead atoms. The highest BCUT2D eigenvalue weighted by molar-refractivity contribution is 5.80. The predicted octanol–water partition coefficient (Wildman–Crippen LogP) is 6.15. The molecule has 5 rings (SSSR count). The number of pyridine rings is 1. The highest BCUT2D eigenvalue weighted by atomic mass is 19.4. The van der Waals surface area contributed by atoms with Gasteiger partial charge in [0, 0.05) is 36.8 Å². The molecule has 37 heavy (non-hydrogen) atoms. The van der Waals surface area contributed by atoms with Crippen LogP contribution in [-0.2, 0) is 17.5 Å². The fourth-order valence-corrected chi connectivity index (χ4v) is 6.37. The van der Waals surface area contributed by atoms with Gasteiger partial charge in [-0.25, -0.2) is 4.98 Å². The molecule has 0 spiro atoms. The van der Waals surface area contributed by atoms with E-state index in [1.165, 1.54) is 13.5 Å². The van der Waals surface area contributed by atoms with Crippen molar-refractivity contribution in [2.24, 2.45) is 17.3 Å². The van der Waals surface area contributed by atoms with E-state index in [0.717, 1.165) is 56.4 Å². The summed E-state index contributed by atoms with van der Waals surface area (Å²) in [6.45, 7) is 3.11. The molecule has 2 aromatic rings. The van der Waals surface area contributed by atoms with Crippen LogP contribution >= 0.6 is 0 Å². The summed E-state index contributed by atoms with van der Waals surface area (Å²) in [5.74, 6) is 0.665. The third-order valence-corrected chi connectivity index (χ3v) is 8.79. The first-order chi connectivity index (χ1) is 17.7. The zero-order valence-electron chi connectivity index (χ0n) is 21.6. The summed E-state index contributed by atoms with van der Waals surface area (Å²) in [7, 11) is 1.42. The quantitative estimate of drug-likeness (QED) is 0.481. The molecule has 1 aromatic carbocycles. The van der Waals surface area contributed by atoms with Crippen LogP contribution in [0.25, 0.3) is 0 Å². The number of nitrogens with one attached hydrogen (secondary N) is 1. The van der Waals surface area contributed by atoms with Gasteiger partial charge < -0.3 is 15.0 Å². The van der Waals surface area contributed by atoms with Crippen LogP contribution in [0, 0.1) is 17.3 Å². The minimum absolute atomic E-state index is 0.0548. The van der Waals surface area contributed by atoms with E-state index in [-0.39, 0.29) is 47.7 Å². The topological polar surface area (TPSA) is 54.5 Å². The molecule has 8 heteroatoms. The van der Waals surface area contributed by atoms with Gasteiger partial charge in [-0.15, -0.1) is 0 Å². The number of nitrogens with zero attached hydrogens (tertiary/aromatic N) is 2. The Hall–Kier alpha value is -2.61. The first-order valence-electron chi connectivity index (χ1n) is 13.4. The number of alkyl halides is 3. The fourth-order valence-electron chi connectivity index (χ4n) is 6.37. The van der Waals surface area contributed by atoms with Gasteiger partial charge in [0.05, 0.1) is 18.7 Å². The average molecular weight is 516 g/mol. The Bertz CT molecular complexity index is 1100. The van der Waals surface area contributed by atoms with Gasteiger partial charge in [0.25, 0.3) is 0 Å². The third-order valence-electron chi connectivity index (χ3n) is 8.79. The second kappa shape index (κ2) is 10.3. The molecule has 2 heterocycles. The number of rotatable bonds is 7. The molecule has 200 valence electrons. The van der Waals surface area contributed by atoms with E-state index in [1.807, 2.05) is 18.2 Å². The van der Waals surface area contributed by atoms with Crippen LogP contribution in [0.3, 0.4) is 0 Å². The van der Waals surface area contributed by atoms with E-state index < -0.39 is 11.7 Å². The Balaban J connectivity index is 1.48. The van der Waals surface area contributed by atoms with Crippen molar-refractivity contribution in [1.29, 1.82) is 0 Å². The Labute approximate surface area is 216 Å². The number of benzene rings is 1. The van der Waals surface area contributed by atoms with Crippen LogP contribution in [-0.4, -0.2) is 35.5 Å². The lowest BCUT2D eigenvalue weighted by molar-refractivity contribution is -0.138. The molecule has 5 nitrogen and oxygen atoms in total. The summed E-state index contributed by atoms with van der Waals surface area (Å²) in [4.78, 5) is 19.9. The lowest BCUT2D eigenvalue weighted by atomic mass is 9.83. The Kier molecular flexibility index (Phi) is 7.22. The van der Waals surface area contributed by atoms with E-state index in [2.05, 4.69) is 34.3 Å². The summed E-state index contributed by atoms with van der Waals surface area (Å²) in [6, 6.07) is 10.9. The maximum absolute atomic E-state index is 13.9. The molecule has 3 fully saturated rings. The number of aromatic nitrogens is 1. The molecular formula is C29H36F3N3O2. The third kappa shape index (κ3) is 5.35. The SMILES string of the molecule is COc1ncc(C(F)(F)F)cc1CNC1C(c2ccccc2)N(C(=O)C2CCCCC2)CC1C1(C)CC1. The summed E-state index contributed by atoms with van der Waals surface area (Å²) in [6.07, 6.45) is 3.74. The maximum atomic E-state index is 13.9. The average Bonchev–Trinajstić information content (AvgIpc) is 3.53. The molecule has 1 amide bonds. The van der Waals surface area contributed by atoms with Crippen molar-refractivity contribution in [2.75, 3.05) is 13.7 Å². The fraction of sp³-hybridized carbons (Fsp3) is 0.586. The maximum Gasteiger partial charge on any atom is 0.417 e. The number of halogens is 3. The molecular weight excluding hydrogens is 479 g/mol.